The fourth-order valence-electron chi connectivity index (χ4n) is 2.69. The Morgan fingerprint density at radius 1 is 1.43 bits per heavy atom. The summed E-state index contributed by atoms with van der Waals surface area (Å²) in [4.78, 5) is 0. The van der Waals surface area contributed by atoms with Crippen LogP contribution in [0.3, 0.4) is 0 Å². The molecule has 2 rings (SSSR count). The van der Waals surface area contributed by atoms with Crippen molar-refractivity contribution >= 4 is 5.69 Å². The number of benzene rings is 1. The summed E-state index contributed by atoms with van der Waals surface area (Å²) >= 11 is 0. The van der Waals surface area contributed by atoms with Gasteiger partial charge in [-0.3, -0.25) is 0 Å². The van der Waals surface area contributed by atoms with Crippen molar-refractivity contribution in [1.29, 1.82) is 5.26 Å². The van der Waals surface area contributed by atoms with E-state index in [0.29, 0.717) is 19.3 Å². The van der Waals surface area contributed by atoms with Gasteiger partial charge in [0.15, 0.2) is 0 Å². The maximum atomic E-state index is 13.3. The van der Waals surface area contributed by atoms with Gasteiger partial charge < -0.3 is 15.2 Å². The lowest BCUT2D eigenvalue weighted by atomic mass is 9.77. The Hall–Kier alpha value is -1.94. The van der Waals surface area contributed by atoms with Crippen molar-refractivity contribution < 1.29 is 23.0 Å². The molecule has 4 nitrogen and oxygen atoms in total. The van der Waals surface area contributed by atoms with Gasteiger partial charge in [0.1, 0.15) is 11.8 Å². The third-order valence-corrected chi connectivity index (χ3v) is 3.73. The molecule has 0 atom stereocenters. The first-order chi connectivity index (χ1) is 10.7. The molecule has 1 aromatic carbocycles. The number of alkyl halides is 3. The van der Waals surface area contributed by atoms with Crippen molar-refractivity contribution in [2.24, 2.45) is 0 Å². The van der Waals surface area contributed by atoms with E-state index in [2.05, 4.69) is 5.32 Å². The molecule has 1 saturated carbocycles. The molecule has 0 radical (unpaired) electrons. The second kappa shape index (κ2) is 6.28. The third kappa shape index (κ3) is 4.08. The zero-order valence-corrected chi connectivity index (χ0v) is 13.0. The highest BCUT2D eigenvalue weighted by Crippen LogP contribution is 2.42. The maximum Gasteiger partial charge on any atom is 0.418 e. The number of anilines is 1. The van der Waals surface area contributed by atoms with E-state index in [9.17, 15) is 23.5 Å². The molecular formula is C16H19F3N2O2. The molecule has 1 fully saturated rings. The quantitative estimate of drug-likeness (QED) is 0.865. The normalized spacial score (nSPS) is 23.8. The fourth-order valence-corrected chi connectivity index (χ4v) is 2.69. The molecule has 0 saturated heterocycles. The second-order valence-corrected chi connectivity index (χ2v) is 6.10. The van der Waals surface area contributed by atoms with Gasteiger partial charge in [-0.2, -0.15) is 18.4 Å². The number of nitrogens with one attached hydrogen (secondary N) is 1. The van der Waals surface area contributed by atoms with Crippen LogP contribution in [0.4, 0.5) is 18.9 Å². The van der Waals surface area contributed by atoms with Crippen LogP contribution in [0.25, 0.3) is 0 Å². The number of aliphatic hydroxyl groups is 1. The van der Waals surface area contributed by atoms with Crippen molar-refractivity contribution in [1.82, 2.24) is 0 Å². The highest BCUT2D eigenvalue weighted by molar-refractivity contribution is 5.66. The van der Waals surface area contributed by atoms with E-state index < -0.39 is 17.3 Å². The Kier molecular flexibility index (Phi) is 4.76. The molecule has 0 bridgehead atoms. The van der Waals surface area contributed by atoms with Gasteiger partial charge in [0.25, 0.3) is 0 Å². The predicted octanol–water partition coefficient (Wildman–Crippen LogP) is 3.69. The molecule has 0 heterocycles. The first kappa shape index (κ1) is 17.4. The Balaban J connectivity index is 2.36. The Morgan fingerprint density at radius 3 is 2.57 bits per heavy atom. The topological polar surface area (TPSA) is 65.3 Å². The molecule has 7 heteroatoms. The van der Waals surface area contributed by atoms with Crippen LogP contribution >= 0.6 is 0 Å². The van der Waals surface area contributed by atoms with Crippen LogP contribution < -0.4 is 10.1 Å². The first-order valence-corrected chi connectivity index (χ1v) is 7.43. The number of nitriles is 1. The monoisotopic (exact) mass is 328 g/mol. The van der Waals surface area contributed by atoms with E-state index in [0.717, 1.165) is 6.07 Å². The fraction of sp³-hybridized carbons (Fsp3) is 0.562. The van der Waals surface area contributed by atoms with Crippen LogP contribution in [0, 0.1) is 11.3 Å². The van der Waals surface area contributed by atoms with Crippen LogP contribution in [0.2, 0.25) is 0 Å². The van der Waals surface area contributed by atoms with Gasteiger partial charge in [0.05, 0.1) is 29.0 Å². The molecule has 0 spiro atoms. The highest BCUT2D eigenvalue weighted by Gasteiger charge is 2.41. The Labute approximate surface area is 132 Å². The Morgan fingerprint density at radius 2 is 2.09 bits per heavy atom. The molecule has 0 aromatic heterocycles. The van der Waals surface area contributed by atoms with E-state index in [-0.39, 0.29) is 29.6 Å². The van der Waals surface area contributed by atoms with Gasteiger partial charge in [-0.1, -0.05) is 6.92 Å². The van der Waals surface area contributed by atoms with Gasteiger partial charge >= 0.3 is 6.18 Å². The summed E-state index contributed by atoms with van der Waals surface area (Å²) in [7, 11) is 0. The van der Waals surface area contributed by atoms with Gasteiger partial charge in [0.2, 0.25) is 0 Å². The molecule has 0 amide bonds. The minimum atomic E-state index is -4.61. The lowest BCUT2D eigenvalue weighted by Gasteiger charge is -2.42. The average Bonchev–Trinajstić information content (AvgIpc) is 2.42. The first-order valence-electron chi connectivity index (χ1n) is 7.43. The minimum Gasteiger partial charge on any atom is -0.494 e. The average molecular weight is 328 g/mol. The van der Waals surface area contributed by atoms with Crippen molar-refractivity contribution in [2.75, 3.05) is 11.9 Å². The zero-order chi connectivity index (χ0) is 17.3. The van der Waals surface area contributed by atoms with E-state index >= 15 is 0 Å². The lowest BCUT2D eigenvalue weighted by Crippen LogP contribution is -2.48. The van der Waals surface area contributed by atoms with Crippen LogP contribution in [0.1, 0.15) is 44.2 Å². The number of ether oxygens (including phenoxy) is 1. The molecule has 0 unspecified atom stereocenters. The van der Waals surface area contributed by atoms with E-state index in [1.807, 2.05) is 6.92 Å². The van der Waals surface area contributed by atoms with Crippen LogP contribution in [-0.4, -0.2) is 23.4 Å². The molecule has 1 aromatic rings. The summed E-state index contributed by atoms with van der Waals surface area (Å²) in [6.45, 7) is 3.75. The van der Waals surface area contributed by atoms with E-state index in [1.54, 1.807) is 13.0 Å². The van der Waals surface area contributed by atoms with Crippen molar-refractivity contribution in [2.45, 2.75) is 50.9 Å². The summed E-state index contributed by atoms with van der Waals surface area (Å²) in [6, 6.07) is 3.72. The number of nitrogens with zero attached hydrogens (tertiary/aromatic N) is 1. The van der Waals surface area contributed by atoms with E-state index in [4.69, 9.17) is 4.74 Å². The van der Waals surface area contributed by atoms with Gasteiger partial charge in [-0.05, 0) is 32.3 Å². The Bertz CT molecular complexity index is 613. The summed E-state index contributed by atoms with van der Waals surface area (Å²) in [6.07, 6.45) is -3.28. The van der Waals surface area contributed by atoms with E-state index in [1.165, 1.54) is 6.07 Å². The van der Waals surface area contributed by atoms with Crippen LogP contribution in [0.15, 0.2) is 12.1 Å². The molecule has 0 aliphatic heterocycles. The van der Waals surface area contributed by atoms with Gasteiger partial charge in [0, 0.05) is 12.1 Å². The van der Waals surface area contributed by atoms with Gasteiger partial charge in [-0.15, -0.1) is 0 Å². The number of hydrogen-bond donors (Lipinski definition) is 2. The summed E-state index contributed by atoms with van der Waals surface area (Å²) < 4.78 is 45.3. The third-order valence-electron chi connectivity index (χ3n) is 3.73. The summed E-state index contributed by atoms with van der Waals surface area (Å²) in [5.41, 5.74) is -2.15. The van der Waals surface area contributed by atoms with Crippen molar-refractivity contribution in [3.63, 3.8) is 0 Å². The minimum absolute atomic E-state index is 0.0295. The molecule has 1 aliphatic rings. The predicted molar refractivity (Wildman–Crippen MR) is 79.2 cm³/mol. The summed E-state index contributed by atoms with van der Waals surface area (Å²) in [5.74, 6) is 0.0295. The standard InChI is InChI=1S/C16H19F3N2O2/c1-3-4-23-12-5-10(9-20)14(13(6-12)16(17,18)19)21-11-7-15(2,22)8-11/h5-6,11,21-22H,3-4,7-8H2,1-2H3/t11-,15+. The lowest BCUT2D eigenvalue weighted by molar-refractivity contribution is -0.137. The second-order valence-electron chi connectivity index (χ2n) is 6.10. The van der Waals surface area contributed by atoms with Crippen molar-refractivity contribution in [3.05, 3.63) is 23.3 Å². The molecule has 2 N–H and O–H groups in total. The molecule has 1 aliphatic carbocycles. The van der Waals surface area contributed by atoms with Gasteiger partial charge in [-0.25, -0.2) is 0 Å². The summed E-state index contributed by atoms with van der Waals surface area (Å²) in [5, 5.41) is 21.7. The number of rotatable bonds is 5. The van der Waals surface area contributed by atoms with Crippen LogP contribution in [0.5, 0.6) is 5.75 Å². The van der Waals surface area contributed by atoms with Crippen LogP contribution in [-0.2, 0) is 6.18 Å². The molecule has 23 heavy (non-hydrogen) atoms. The zero-order valence-electron chi connectivity index (χ0n) is 13.0. The molecule has 126 valence electrons. The highest BCUT2D eigenvalue weighted by atomic mass is 19.4. The number of hydrogen-bond acceptors (Lipinski definition) is 4. The smallest absolute Gasteiger partial charge is 0.418 e. The number of halogens is 3. The largest absolute Gasteiger partial charge is 0.494 e. The molecular weight excluding hydrogens is 309 g/mol. The maximum absolute atomic E-state index is 13.3. The SMILES string of the molecule is CCCOc1cc(C#N)c(N[C@H]2C[C@@](C)(O)C2)c(C(F)(F)F)c1. The van der Waals surface area contributed by atoms with Crippen molar-refractivity contribution in [3.8, 4) is 11.8 Å².